The number of urea groups is 1. The molecular weight excluding hydrogens is 314 g/mol. The van der Waals surface area contributed by atoms with E-state index < -0.39 is 0 Å². The number of amides is 2. The zero-order chi connectivity index (χ0) is 17.1. The highest BCUT2D eigenvalue weighted by molar-refractivity contribution is 5.88. The van der Waals surface area contributed by atoms with E-state index in [1.54, 1.807) is 4.40 Å². The monoisotopic (exact) mass is 335 g/mol. The minimum absolute atomic E-state index is 0.0892. The second-order valence-corrected chi connectivity index (χ2v) is 6.40. The molecule has 0 aliphatic carbocycles. The van der Waals surface area contributed by atoms with Crippen molar-refractivity contribution in [2.24, 2.45) is 0 Å². The van der Waals surface area contributed by atoms with Gasteiger partial charge in [0.15, 0.2) is 5.65 Å². The van der Waals surface area contributed by atoms with Crippen LogP contribution in [0.3, 0.4) is 0 Å². The molecule has 4 rings (SSSR count). The number of fused-ring (bicyclic) bond motifs is 1. The molecule has 1 atom stereocenters. The highest BCUT2D eigenvalue weighted by Crippen LogP contribution is 2.23. The zero-order valence-corrected chi connectivity index (χ0v) is 14.0. The molecule has 25 heavy (non-hydrogen) atoms. The van der Waals surface area contributed by atoms with Crippen molar-refractivity contribution in [3.05, 3.63) is 60.3 Å². The topological polar surface area (TPSA) is 62.5 Å². The van der Waals surface area contributed by atoms with Crippen LogP contribution in [0.1, 0.15) is 24.8 Å². The summed E-state index contributed by atoms with van der Waals surface area (Å²) in [5.41, 5.74) is 2.04. The summed E-state index contributed by atoms with van der Waals surface area (Å²) in [6, 6.07) is 16.3. The summed E-state index contributed by atoms with van der Waals surface area (Å²) in [5.74, 6) is 0.467. The van der Waals surface area contributed by atoms with Gasteiger partial charge in [0, 0.05) is 18.8 Å². The van der Waals surface area contributed by atoms with Gasteiger partial charge in [-0.1, -0.05) is 36.4 Å². The lowest BCUT2D eigenvalue weighted by molar-refractivity contribution is 0.203. The number of likely N-dealkylation sites (tertiary alicyclic amines) is 1. The molecule has 0 spiro atoms. The Morgan fingerprint density at radius 2 is 1.96 bits per heavy atom. The number of aryl methyl sites for hydroxylation is 1. The first-order chi connectivity index (χ1) is 12.3. The number of rotatable bonds is 4. The molecule has 1 aliphatic rings. The maximum absolute atomic E-state index is 12.7. The molecular formula is C19H21N5O. The van der Waals surface area contributed by atoms with E-state index in [1.165, 1.54) is 5.56 Å². The van der Waals surface area contributed by atoms with Crippen molar-refractivity contribution in [1.29, 1.82) is 0 Å². The summed E-state index contributed by atoms with van der Waals surface area (Å²) in [5, 5.41) is 11.1. The number of pyridine rings is 1. The summed E-state index contributed by atoms with van der Waals surface area (Å²) in [6.07, 6.45) is 5.93. The molecule has 1 aliphatic heterocycles. The zero-order valence-electron chi connectivity index (χ0n) is 14.0. The smallest absolute Gasteiger partial charge is 0.321 e. The van der Waals surface area contributed by atoms with Crippen LogP contribution < -0.4 is 5.32 Å². The van der Waals surface area contributed by atoms with Crippen LogP contribution in [0, 0.1) is 0 Å². The normalized spacial score (nSPS) is 17.1. The maximum Gasteiger partial charge on any atom is 0.324 e. The quantitative estimate of drug-likeness (QED) is 0.795. The van der Waals surface area contributed by atoms with Crippen molar-refractivity contribution in [2.45, 2.75) is 31.7 Å². The van der Waals surface area contributed by atoms with E-state index in [0.717, 1.165) is 37.9 Å². The van der Waals surface area contributed by atoms with E-state index in [9.17, 15) is 4.79 Å². The van der Waals surface area contributed by atoms with Crippen LogP contribution in [-0.2, 0) is 6.42 Å². The lowest BCUT2D eigenvalue weighted by Crippen LogP contribution is -2.39. The van der Waals surface area contributed by atoms with Gasteiger partial charge in [-0.25, -0.2) is 4.79 Å². The van der Waals surface area contributed by atoms with E-state index in [2.05, 4.69) is 39.8 Å². The van der Waals surface area contributed by atoms with Gasteiger partial charge in [-0.15, -0.1) is 10.2 Å². The van der Waals surface area contributed by atoms with Gasteiger partial charge < -0.3 is 4.90 Å². The number of carbonyl (C=O) groups is 1. The minimum Gasteiger partial charge on any atom is -0.321 e. The largest absolute Gasteiger partial charge is 0.324 e. The first-order valence-corrected chi connectivity index (χ1v) is 8.72. The van der Waals surface area contributed by atoms with Crippen molar-refractivity contribution in [3.8, 4) is 0 Å². The molecule has 2 aromatic heterocycles. The average Bonchev–Trinajstić information content (AvgIpc) is 3.28. The highest BCUT2D eigenvalue weighted by Gasteiger charge is 2.29. The summed E-state index contributed by atoms with van der Waals surface area (Å²) in [6.45, 7) is 0.794. The van der Waals surface area contributed by atoms with Crippen LogP contribution in [0.5, 0.6) is 0 Å². The third-order valence-corrected chi connectivity index (χ3v) is 4.78. The van der Waals surface area contributed by atoms with Crippen LogP contribution in [0.15, 0.2) is 54.7 Å². The van der Waals surface area contributed by atoms with Gasteiger partial charge in [-0.3, -0.25) is 9.72 Å². The lowest BCUT2D eigenvalue weighted by Gasteiger charge is -2.24. The van der Waals surface area contributed by atoms with E-state index in [-0.39, 0.29) is 12.1 Å². The van der Waals surface area contributed by atoms with E-state index >= 15 is 0 Å². The van der Waals surface area contributed by atoms with Crippen LogP contribution in [0.2, 0.25) is 0 Å². The molecule has 1 N–H and O–H groups in total. The molecule has 0 saturated carbocycles. The number of hydrogen-bond donors (Lipinski definition) is 1. The SMILES string of the molecule is O=C(Nc1nnc2ccccn12)N1CCCC1CCc1ccccc1. The number of hydrogen-bond acceptors (Lipinski definition) is 3. The number of nitrogens with zero attached hydrogens (tertiary/aromatic N) is 4. The van der Waals surface area contributed by atoms with E-state index in [0.29, 0.717) is 5.95 Å². The predicted molar refractivity (Wildman–Crippen MR) is 96.5 cm³/mol. The van der Waals surface area contributed by atoms with Gasteiger partial charge in [0.05, 0.1) is 0 Å². The van der Waals surface area contributed by atoms with Crippen LogP contribution in [0.25, 0.3) is 5.65 Å². The molecule has 3 aromatic rings. The van der Waals surface area contributed by atoms with Gasteiger partial charge in [-0.05, 0) is 43.4 Å². The molecule has 6 nitrogen and oxygen atoms in total. The van der Waals surface area contributed by atoms with Gasteiger partial charge in [0.1, 0.15) is 0 Å². The number of anilines is 1. The Morgan fingerprint density at radius 3 is 2.84 bits per heavy atom. The summed E-state index contributed by atoms with van der Waals surface area (Å²) < 4.78 is 1.78. The first kappa shape index (κ1) is 15.6. The van der Waals surface area contributed by atoms with Gasteiger partial charge in [-0.2, -0.15) is 0 Å². The molecule has 3 heterocycles. The molecule has 6 heteroatoms. The Labute approximate surface area is 146 Å². The van der Waals surface area contributed by atoms with Crippen molar-refractivity contribution in [1.82, 2.24) is 19.5 Å². The summed E-state index contributed by atoms with van der Waals surface area (Å²) in [4.78, 5) is 14.6. The molecule has 1 unspecified atom stereocenters. The third-order valence-electron chi connectivity index (χ3n) is 4.78. The van der Waals surface area contributed by atoms with Gasteiger partial charge in [0.25, 0.3) is 0 Å². The minimum atomic E-state index is -0.0892. The van der Waals surface area contributed by atoms with E-state index in [4.69, 9.17) is 0 Å². The fourth-order valence-corrected chi connectivity index (χ4v) is 3.48. The van der Waals surface area contributed by atoms with E-state index in [1.807, 2.05) is 35.4 Å². The molecule has 0 bridgehead atoms. The second kappa shape index (κ2) is 6.93. The Kier molecular flexibility index (Phi) is 4.33. The average molecular weight is 335 g/mol. The number of benzene rings is 1. The van der Waals surface area contributed by atoms with Crippen LogP contribution in [-0.4, -0.2) is 38.1 Å². The third kappa shape index (κ3) is 3.33. The lowest BCUT2D eigenvalue weighted by atomic mass is 10.0. The number of nitrogens with one attached hydrogen (secondary N) is 1. The summed E-state index contributed by atoms with van der Waals surface area (Å²) in [7, 11) is 0. The number of carbonyl (C=O) groups excluding carboxylic acids is 1. The first-order valence-electron chi connectivity index (χ1n) is 8.72. The van der Waals surface area contributed by atoms with Crippen LogP contribution >= 0.6 is 0 Å². The van der Waals surface area contributed by atoms with Crippen molar-refractivity contribution in [3.63, 3.8) is 0 Å². The van der Waals surface area contributed by atoms with Crippen LogP contribution in [0.4, 0.5) is 10.7 Å². The molecule has 2 amide bonds. The maximum atomic E-state index is 12.7. The number of aromatic nitrogens is 3. The second-order valence-electron chi connectivity index (χ2n) is 6.40. The standard InChI is InChI=1S/C19H21N5O/c25-19(20-18-22-21-17-10-4-5-13-24(17)18)23-14-6-9-16(23)12-11-15-7-2-1-3-8-15/h1-5,7-8,10,13,16H,6,9,11-12,14H2,(H,20,22,25). The fraction of sp³-hybridized carbons (Fsp3) is 0.316. The fourth-order valence-electron chi connectivity index (χ4n) is 3.48. The van der Waals surface area contributed by atoms with Gasteiger partial charge >= 0.3 is 6.03 Å². The Morgan fingerprint density at radius 1 is 1.12 bits per heavy atom. The van der Waals surface area contributed by atoms with Crippen molar-refractivity contribution in [2.75, 3.05) is 11.9 Å². The Bertz CT molecular complexity index is 860. The molecule has 128 valence electrons. The predicted octanol–water partition coefficient (Wildman–Crippen LogP) is 3.36. The van der Waals surface area contributed by atoms with Gasteiger partial charge in [0.2, 0.25) is 5.95 Å². The van der Waals surface area contributed by atoms with Crippen molar-refractivity contribution >= 4 is 17.6 Å². The Hall–Kier alpha value is -2.89. The molecule has 1 fully saturated rings. The molecule has 1 aromatic carbocycles. The summed E-state index contributed by atoms with van der Waals surface area (Å²) >= 11 is 0. The van der Waals surface area contributed by atoms with Crippen molar-refractivity contribution < 1.29 is 4.79 Å². The Balaban J connectivity index is 1.42. The highest BCUT2D eigenvalue weighted by atomic mass is 16.2. The molecule has 0 radical (unpaired) electrons. The molecule has 1 saturated heterocycles.